The van der Waals surface area contributed by atoms with Crippen molar-refractivity contribution in [2.75, 3.05) is 6.54 Å². The SMILES string of the molecule is O=C(NCc1nnc2n1CCCC2)N1CCCC1Cc1ccccc1. The monoisotopic (exact) mass is 339 g/mol. The van der Waals surface area contributed by atoms with Gasteiger partial charge in [-0.05, 0) is 37.7 Å². The van der Waals surface area contributed by atoms with E-state index in [1.165, 1.54) is 12.0 Å². The number of aryl methyl sites for hydroxylation is 1. The summed E-state index contributed by atoms with van der Waals surface area (Å²) in [6.07, 6.45) is 6.41. The van der Waals surface area contributed by atoms with E-state index < -0.39 is 0 Å². The van der Waals surface area contributed by atoms with Crippen LogP contribution >= 0.6 is 0 Å². The van der Waals surface area contributed by atoms with E-state index in [-0.39, 0.29) is 12.1 Å². The van der Waals surface area contributed by atoms with E-state index in [0.29, 0.717) is 6.54 Å². The molecule has 132 valence electrons. The molecule has 2 aromatic rings. The fourth-order valence-electron chi connectivity index (χ4n) is 3.96. The number of carbonyl (C=O) groups is 1. The third kappa shape index (κ3) is 3.52. The van der Waals surface area contributed by atoms with Crippen LogP contribution in [0.25, 0.3) is 0 Å². The zero-order valence-corrected chi connectivity index (χ0v) is 14.5. The number of likely N-dealkylation sites (tertiary alicyclic amines) is 1. The summed E-state index contributed by atoms with van der Waals surface area (Å²) < 4.78 is 2.16. The molecule has 0 aliphatic carbocycles. The lowest BCUT2D eigenvalue weighted by molar-refractivity contribution is 0.191. The highest BCUT2D eigenvalue weighted by atomic mass is 16.2. The lowest BCUT2D eigenvalue weighted by Gasteiger charge is -2.25. The van der Waals surface area contributed by atoms with Crippen LogP contribution < -0.4 is 5.32 Å². The Kier molecular flexibility index (Phi) is 4.68. The Hall–Kier alpha value is -2.37. The normalized spacial score (nSPS) is 19.7. The largest absolute Gasteiger partial charge is 0.331 e. The second-order valence-corrected chi connectivity index (χ2v) is 6.98. The maximum absolute atomic E-state index is 12.7. The van der Waals surface area contributed by atoms with Gasteiger partial charge in [-0.25, -0.2) is 4.79 Å². The number of hydrogen-bond acceptors (Lipinski definition) is 3. The van der Waals surface area contributed by atoms with Crippen molar-refractivity contribution in [1.82, 2.24) is 25.0 Å². The van der Waals surface area contributed by atoms with E-state index in [1.807, 2.05) is 11.0 Å². The number of aromatic nitrogens is 3. The average molecular weight is 339 g/mol. The molecule has 1 fully saturated rings. The molecule has 2 aliphatic rings. The van der Waals surface area contributed by atoms with E-state index in [0.717, 1.165) is 56.8 Å². The highest BCUT2D eigenvalue weighted by Gasteiger charge is 2.29. The molecule has 1 unspecified atom stereocenters. The maximum atomic E-state index is 12.7. The Labute approximate surface area is 148 Å². The van der Waals surface area contributed by atoms with Crippen LogP contribution in [0.15, 0.2) is 30.3 Å². The van der Waals surface area contributed by atoms with Crippen LogP contribution in [0.4, 0.5) is 4.79 Å². The standard InChI is InChI=1S/C19H25N5O/c25-19(20-14-18-22-21-17-10-4-5-11-24(17)18)23-12-6-9-16(23)13-15-7-2-1-3-8-15/h1-3,7-8,16H,4-6,9-14H2,(H,20,25). The van der Waals surface area contributed by atoms with Gasteiger partial charge in [0, 0.05) is 25.6 Å². The summed E-state index contributed by atoms with van der Waals surface area (Å²) in [5.74, 6) is 1.93. The second kappa shape index (κ2) is 7.25. The lowest BCUT2D eigenvalue weighted by Crippen LogP contribution is -2.43. The number of rotatable bonds is 4. The summed E-state index contributed by atoms with van der Waals surface area (Å²) in [5.41, 5.74) is 1.29. The Morgan fingerprint density at radius 2 is 2.00 bits per heavy atom. The minimum atomic E-state index is 0.0200. The van der Waals surface area contributed by atoms with Crippen molar-refractivity contribution in [3.8, 4) is 0 Å². The van der Waals surface area contributed by atoms with Crippen molar-refractivity contribution in [1.29, 1.82) is 0 Å². The molecule has 25 heavy (non-hydrogen) atoms. The number of fused-ring (bicyclic) bond motifs is 1. The van der Waals surface area contributed by atoms with Crippen molar-refractivity contribution in [2.24, 2.45) is 0 Å². The number of hydrogen-bond donors (Lipinski definition) is 1. The van der Waals surface area contributed by atoms with E-state index in [4.69, 9.17) is 0 Å². The first-order chi connectivity index (χ1) is 12.3. The fraction of sp³-hybridized carbons (Fsp3) is 0.526. The first-order valence-corrected chi connectivity index (χ1v) is 9.30. The number of urea groups is 1. The van der Waals surface area contributed by atoms with E-state index in [1.54, 1.807) is 0 Å². The predicted octanol–water partition coefficient (Wildman–Crippen LogP) is 2.53. The van der Waals surface area contributed by atoms with Gasteiger partial charge in [0.2, 0.25) is 0 Å². The van der Waals surface area contributed by atoms with Crippen LogP contribution in [-0.2, 0) is 25.9 Å². The summed E-state index contributed by atoms with van der Waals surface area (Å²) in [4.78, 5) is 14.7. The molecule has 1 atom stereocenters. The second-order valence-electron chi connectivity index (χ2n) is 6.98. The molecule has 2 aliphatic heterocycles. The van der Waals surface area contributed by atoms with Gasteiger partial charge in [0.05, 0.1) is 6.54 Å². The number of amides is 2. The zero-order chi connectivity index (χ0) is 17.1. The maximum Gasteiger partial charge on any atom is 0.318 e. The van der Waals surface area contributed by atoms with Crippen molar-refractivity contribution in [3.05, 3.63) is 47.5 Å². The quantitative estimate of drug-likeness (QED) is 0.931. The van der Waals surface area contributed by atoms with Gasteiger partial charge in [-0.15, -0.1) is 10.2 Å². The summed E-state index contributed by atoms with van der Waals surface area (Å²) in [5, 5.41) is 11.6. The Morgan fingerprint density at radius 1 is 1.12 bits per heavy atom. The molecule has 1 saturated heterocycles. The molecule has 0 bridgehead atoms. The van der Waals surface area contributed by atoms with Crippen LogP contribution in [-0.4, -0.2) is 38.3 Å². The Bertz CT molecular complexity index is 727. The Morgan fingerprint density at radius 3 is 2.88 bits per heavy atom. The van der Waals surface area contributed by atoms with Crippen LogP contribution in [0.3, 0.4) is 0 Å². The average Bonchev–Trinajstić information content (AvgIpc) is 3.27. The van der Waals surface area contributed by atoms with E-state index in [2.05, 4.69) is 44.3 Å². The molecule has 6 heteroatoms. The van der Waals surface area contributed by atoms with Crippen molar-refractivity contribution >= 4 is 6.03 Å². The van der Waals surface area contributed by atoms with Gasteiger partial charge in [-0.3, -0.25) is 0 Å². The van der Waals surface area contributed by atoms with Gasteiger partial charge < -0.3 is 14.8 Å². The van der Waals surface area contributed by atoms with E-state index >= 15 is 0 Å². The van der Waals surface area contributed by atoms with E-state index in [9.17, 15) is 4.79 Å². The minimum absolute atomic E-state index is 0.0200. The van der Waals surface area contributed by atoms with Gasteiger partial charge in [0.1, 0.15) is 5.82 Å². The van der Waals surface area contributed by atoms with Crippen LogP contribution in [0.1, 0.15) is 42.9 Å². The van der Waals surface area contributed by atoms with Crippen molar-refractivity contribution < 1.29 is 4.79 Å². The number of benzene rings is 1. The molecule has 4 rings (SSSR count). The molecular formula is C19H25N5O. The van der Waals surface area contributed by atoms with Gasteiger partial charge >= 0.3 is 6.03 Å². The third-order valence-electron chi connectivity index (χ3n) is 5.29. The Balaban J connectivity index is 1.36. The summed E-state index contributed by atoms with van der Waals surface area (Å²) in [6.45, 7) is 2.26. The molecule has 6 nitrogen and oxygen atoms in total. The molecular weight excluding hydrogens is 314 g/mol. The lowest BCUT2D eigenvalue weighted by atomic mass is 10.0. The van der Waals surface area contributed by atoms with Gasteiger partial charge in [-0.2, -0.15) is 0 Å². The molecule has 1 aromatic carbocycles. The van der Waals surface area contributed by atoms with Gasteiger partial charge in [-0.1, -0.05) is 30.3 Å². The van der Waals surface area contributed by atoms with Crippen LogP contribution in [0, 0.1) is 0 Å². The summed E-state index contributed by atoms with van der Waals surface area (Å²) in [7, 11) is 0. The van der Waals surface area contributed by atoms with Gasteiger partial charge in [0.25, 0.3) is 0 Å². The number of nitrogens with zero attached hydrogens (tertiary/aromatic N) is 4. The first-order valence-electron chi connectivity index (χ1n) is 9.30. The summed E-state index contributed by atoms with van der Waals surface area (Å²) >= 11 is 0. The molecule has 1 N–H and O–H groups in total. The molecule has 3 heterocycles. The molecule has 0 radical (unpaired) electrons. The molecule has 0 spiro atoms. The molecule has 1 aromatic heterocycles. The van der Waals surface area contributed by atoms with Gasteiger partial charge in [0.15, 0.2) is 5.82 Å². The number of nitrogens with one attached hydrogen (secondary N) is 1. The predicted molar refractivity (Wildman–Crippen MR) is 95.1 cm³/mol. The minimum Gasteiger partial charge on any atom is -0.331 e. The third-order valence-corrected chi connectivity index (χ3v) is 5.29. The van der Waals surface area contributed by atoms with Crippen LogP contribution in [0.2, 0.25) is 0 Å². The first kappa shape index (κ1) is 16.1. The van der Waals surface area contributed by atoms with Crippen molar-refractivity contribution in [2.45, 2.75) is 57.7 Å². The zero-order valence-electron chi connectivity index (χ0n) is 14.5. The number of carbonyl (C=O) groups excluding carboxylic acids is 1. The smallest absolute Gasteiger partial charge is 0.318 e. The van der Waals surface area contributed by atoms with Crippen molar-refractivity contribution in [3.63, 3.8) is 0 Å². The fourth-order valence-corrected chi connectivity index (χ4v) is 3.96. The highest BCUT2D eigenvalue weighted by Crippen LogP contribution is 2.21. The highest BCUT2D eigenvalue weighted by molar-refractivity contribution is 5.74. The topological polar surface area (TPSA) is 63.1 Å². The van der Waals surface area contributed by atoms with Crippen LogP contribution in [0.5, 0.6) is 0 Å². The summed E-state index contributed by atoms with van der Waals surface area (Å²) in [6, 6.07) is 10.7. The molecule has 2 amide bonds. The molecule has 0 saturated carbocycles.